The van der Waals surface area contributed by atoms with Crippen LogP contribution in [-0.4, -0.2) is 30.2 Å². The average Bonchev–Trinajstić information content (AvgIpc) is 2.15. The van der Waals surface area contributed by atoms with Gasteiger partial charge in [-0.3, -0.25) is 0 Å². The molecule has 2 heterocycles. The first-order chi connectivity index (χ1) is 5.09. The van der Waals surface area contributed by atoms with Crippen LogP contribution in [0, 0.1) is 5.41 Å². The Balaban J connectivity index is 2.19. The van der Waals surface area contributed by atoms with Crippen molar-refractivity contribution in [3.8, 4) is 0 Å². The summed E-state index contributed by atoms with van der Waals surface area (Å²) in [6, 6.07) is 0. The van der Waals surface area contributed by atoms with E-state index in [2.05, 4.69) is 13.8 Å². The summed E-state index contributed by atoms with van der Waals surface area (Å²) >= 11 is 0. The summed E-state index contributed by atoms with van der Waals surface area (Å²) in [4.78, 5) is 0. The maximum atomic E-state index is 9.38. The van der Waals surface area contributed by atoms with Crippen LogP contribution in [0.4, 0.5) is 0 Å². The number of fused-ring (bicyclic) bond motifs is 2. The molecule has 2 rings (SSSR count). The Bertz CT molecular complexity index is 167. The molecule has 64 valence electrons. The van der Waals surface area contributed by atoms with Gasteiger partial charge in [0.15, 0.2) is 6.29 Å². The van der Waals surface area contributed by atoms with Crippen molar-refractivity contribution in [3.63, 3.8) is 0 Å². The zero-order valence-electron chi connectivity index (χ0n) is 6.91. The summed E-state index contributed by atoms with van der Waals surface area (Å²) in [6.45, 7) is 4.76. The molecule has 2 aliphatic heterocycles. The maximum Gasteiger partial charge on any atom is 0.181 e. The van der Waals surface area contributed by atoms with Crippen LogP contribution < -0.4 is 0 Å². The van der Waals surface area contributed by atoms with E-state index in [-0.39, 0.29) is 17.6 Å². The summed E-state index contributed by atoms with van der Waals surface area (Å²) in [5.41, 5.74) is 0.0700. The number of hydrogen-bond acceptors (Lipinski definition) is 3. The largest absolute Gasteiger partial charge is 0.367 e. The molecule has 0 aromatic rings. The van der Waals surface area contributed by atoms with Gasteiger partial charge in [0, 0.05) is 0 Å². The molecule has 0 aromatic carbocycles. The fourth-order valence-corrected chi connectivity index (χ4v) is 1.99. The lowest BCUT2D eigenvalue weighted by Gasteiger charge is -2.30. The van der Waals surface area contributed by atoms with E-state index in [0.29, 0.717) is 6.61 Å². The highest BCUT2D eigenvalue weighted by Crippen LogP contribution is 2.42. The Kier molecular flexibility index (Phi) is 1.50. The number of aliphatic hydroxyl groups excluding tert-OH is 1. The third-order valence-electron chi connectivity index (χ3n) is 2.57. The van der Waals surface area contributed by atoms with Gasteiger partial charge in [0.25, 0.3) is 0 Å². The second-order valence-electron chi connectivity index (χ2n) is 4.10. The Morgan fingerprint density at radius 3 is 2.82 bits per heavy atom. The maximum absolute atomic E-state index is 9.38. The fraction of sp³-hybridized carbons (Fsp3) is 1.00. The molecule has 0 radical (unpaired) electrons. The molecule has 2 aliphatic rings. The van der Waals surface area contributed by atoms with Gasteiger partial charge in [-0.25, -0.2) is 0 Å². The normalized spacial score (nSPS) is 47.7. The zero-order valence-corrected chi connectivity index (χ0v) is 6.91. The molecule has 0 unspecified atom stereocenters. The van der Waals surface area contributed by atoms with Crippen molar-refractivity contribution in [1.82, 2.24) is 0 Å². The molecule has 1 N–H and O–H groups in total. The van der Waals surface area contributed by atoms with Gasteiger partial charge in [0.1, 0.15) is 6.10 Å². The molecule has 11 heavy (non-hydrogen) atoms. The first-order valence-electron chi connectivity index (χ1n) is 4.05. The smallest absolute Gasteiger partial charge is 0.181 e. The van der Waals surface area contributed by atoms with Crippen molar-refractivity contribution >= 4 is 0 Å². The third-order valence-corrected chi connectivity index (χ3v) is 2.57. The van der Waals surface area contributed by atoms with Crippen molar-refractivity contribution in [2.75, 3.05) is 6.61 Å². The Labute approximate surface area is 66.3 Å². The monoisotopic (exact) mass is 158 g/mol. The Morgan fingerprint density at radius 1 is 1.45 bits per heavy atom. The van der Waals surface area contributed by atoms with Crippen LogP contribution in [0.1, 0.15) is 20.3 Å². The molecule has 2 saturated heterocycles. The van der Waals surface area contributed by atoms with Crippen LogP contribution >= 0.6 is 0 Å². The van der Waals surface area contributed by atoms with Crippen LogP contribution in [0.3, 0.4) is 0 Å². The highest BCUT2D eigenvalue weighted by molar-refractivity contribution is 4.93. The van der Waals surface area contributed by atoms with E-state index >= 15 is 0 Å². The molecule has 2 bridgehead atoms. The molecule has 0 amide bonds. The minimum atomic E-state index is -0.719. The van der Waals surface area contributed by atoms with Gasteiger partial charge in [0.05, 0.1) is 12.7 Å². The lowest BCUT2D eigenvalue weighted by molar-refractivity contribution is -0.239. The minimum absolute atomic E-state index is 0.0700. The molecule has 3 heteroatoms. The molecule has 2 fully saturated rings. The van der Waals surface area contributed by atoms with Gasteiger partial charge in [-0.1, -0.05) is 13.8 Å². The molecular weight excluding hydrogens is 144 g/mol. The molecular formula is C8H14O3. The van der Waals surface area contributed by atoms with Crippen molar-refractivity contribution in [1.29, 1.82) is 0 Å². The standard InChI is InChI=1S/C8H14O3/c1-8(2)3-5-4-10-7(9)6(8)11-5/h5-7,9H,3-4H2,1-2H3/t5-,6-,7-/m0/s1. The van der Waals surface area contributed by atoms with Gasteiger partial charge in [0.2, 0.25) is 0 Å². The van der Waals surface area contributed by atoms with Crippen molar-refractivity contribution in [3.05, 3.63) is 0 Å². The predicted octanol–water partition coefficient (Wildman–Crippen LogP) is 0.519. The summed E-state index contributed by atoms with van der Waals surface area (Å²) in [5.74, 6) is 0. The van der Waals surface area contributed by atoms with Gasteiger partial charge >= 0.3 is 0 Å². The first kappa shape index (κ1) is 7.53. The molecule has 3 atom stereocenters. The minimum Gasteiger partial charge on any atom is -0.367 e. The summed E-state index contributed by atoms with van der Waals surface area (Å²) in [5, 5.41) is 9.38. The van der Waals surface area contributed by atoms with E-state index in [4.69, 9.17) is 9.47 Å². The third kappa shape index (κ3) is 1.08. The molecule has 3 nitrogen and oxygen atoms in total. The average molecular weight is 158 g/mol. The van der Waals surface area contributed by atoms with Crippen LogP contribution in [0.2, 0.25) is 0 Å². The SMILES string of the molecule is CC1(C)C[C@H]2CO[C@H](O)[C@@H]1O2. The van der Waals surface area contributed by atoms with Crippen molar-refractivity contribution in [2.24, 2.45) is 5.41 Å². The first-order valence-corrected chi connectivity index (χ1v) is 4.05. The highest BCUT2D eigenvalue weighted by Gasteiger charge is 2.49. The van der Waals surface area contributed by atoms with E-state index in [0.717, 1.165) is 6.42 Å². The zero-order chi connectivity index (χ0) is 8.06. The fourth-order valence-electron chi connectivity index (χ4n) is 1.99. The predicted molar refractivity (Wildman–Crippen MR) is 39.0 cm³/mol. The van der Waals surface area contributed by atoms with E-state index in [1.165, 1.54) is 0 Å². The molecule has 0 saturated carbocycles. The van der Waals surface area contributed by atoms with Crippen molar-refractivity contribution in [2.45, 2.75) is 38.8 Å². The lowest BCUT2D eigenvalue weighted by atomic mass is 9.84. The van der Waals surface area contributed by atoms with Crippen LogP contribution in [0.25, 0.3) is 0 Å². The summed E-state index contributed by atoms with van der Waals surface area (Å²) in [7, 11) is 0. The highest BCUT2D eigenvalue weighted by atomic mass is 16.7. The van der Waals surface area contributed by atoms with Crippen molar-refractivity contribution < 1.29 is 14.6 Å². The molecule has 0 spiro atoms. The van der Waals surface area contributed by atoms with Crippen LogP contribution in [0.5, 0.6) is 0 Å². The topological polar surface area (TPSA) is 38.7 Å². The van der Waals surface area contributed by atoms with Gasteiger partial charge in [-0.2, -0.15) is 0 Å². The number of hydrogen-bond donors (Lipinski definition) is 1. The van der Waals surface area contributed by atoms with E-state index in [1.54, 1.807) is 0 Å². The second-order valence-corrected chi connectivity index (χ2v) is 4.10. The van der Waals surface area contributed by atoms with Gasteiger partial charge in [-0.05, 0) is 11.8 Å². The van der Waals surface area contributed by atoms with Gasteiger partial charge in [-0.15, -0.1) is 0 Å². The number of aliphatic hydroxyl groups is 1. The molecule has 0 aromatic heterocycles. The number of ether oxygens (including phenoxy) is 2. The Morgan fingerprint density at radius 2 is 2.18 bits per heavy atom. The van der Waals surface area contributed by atoms with E-state index in [9.17, 15) is 5.11 Å². The summed E-state index contributed by atoms with van der Waals surface area (Å²) < 4.78 is 10.7. The quantitative estimate of drug-likeness (QED) is 0.558. The lowest BCUT2D eigenvalue weighted by Crippen LogP contribution is -2.41. The Hall–Kier alpha value is -0.120. The van der Waals surface area contributed by atoms with Crippen LogP contribution in [-0.2, 0) is 9.47 Å². The van der Waals surface area contributed by atoms with Crippen LogP contribution in [0.15, 0.2) is 0 Å². The second kappa shape index (κ2) is 2.19. The van der Waals surface area contributed by atoms with Gasteiger partial charge < -0.3 is 14.6 Å². The summed E-state index contributed by atoms with van der Waals surface area (Å²) in [6.07, 6.45) is 0.359. The number of rotatable bonds is 0. The van der Waals surface area contributed by atoms with E-state index < -0.39 is 6.29 Å². The van der Waals surface area contributed by atoms with E-state index in [1.807, 2.05) is 0 Å². The molecule has 0 aliphatic carbocycles.